The van der Waals surface area contributed by atoms with Crippen molar-refractivity contribution in [3.63, 3.8) is 0 Å². The average molecular weight is 282 g/mol. The highest BCUT2D eigenvalue weighted by Gasteiger charge is 2.10. The van der Waals surface area contributed by atoms with Gasteiger partial charge < -0.3 is 5.11 Å². The van der Waals surface area contributed by atoms with Crippen LogP contribution in [0.15, 0.2) is 28.9 Å². The van der Waals surface area contributed by atoms with Gasteiger partial charge in [-0.15, -0.1) is 5.10 Å². The zero-order valence-corrected chi connectivity index (χ0v) is 9.97. The van der Waals surface area contributed by atoms with Crippen molar-refractivity contribution in [1.82, 2.24) is 15.0 Å². The molecule has 2 rings (SSSR count). The first-order valence-corrected chi connectivity index (χ1v) is 5.29. The maximum absolute atomic E-state index is 10.7. The van der Waals surface area contributed by atoms with Gasteiger partial charge in [-0.3, -0.25) is 0 Å². The number of aromatic nitrogens is 3. The van der Waals surface area contributed by atoms with Crippen LogP contribution in [0.5, 0.6) is 0 Å². The average Bonchev–Trinajstić information content (AvgIpc) is 2.70. The van der Waals surface area contributed by atoms with Crippen LogP contribution in [0.2, 0.25) is 0 Å². The van der Waals surface area contributed by atoms with E-state index in [0.717, 1.165) is 15.7 Å². The zero-order valence-electron chi connectivity index (χ0n) is 8.38. The molecule has 0 aliphatic rings. The Balaban J connectivity index is 2.50. The number of hydrogen-bond acceptors (Lipinski definition) is 3. The first-order chi connectivity index (χ1) is 7.58. The first kappa shape index (κ1) is 10.8. The van der Waals surface area contributed by atoms with E-state index in [1.165, 1.54) is 10.9 Å². The summed E-state index contributed by atoms with van der Waals surface area (Å²) in [5, 5.41) is 16.1. The standard InChI is InChI=1S/C10H8BrN3O2/c1-6-2-3-7(11)4-9(6)14-5-8(10(15)16)12-13-14/h2-5H,1H3,(H,15,16). The number of benzene rings is 1. The predicted molar refractivity (Wildman–Crippen MR) is 60.8 cm³/mol. The minimum Gasteiger partial charge on any atom is -0.476 e. The Morgan fingerprint density at radius 1 is 1.50 bits per heavy atom. The highest BCUT2D eigenvalue weighted by atomic mass is 79.9. The van der Waals surface area contributed by atoms with E-state index in [1.54, 1.807) is 0 Å². The molecule has 0 atom stereocenters. The fourth-order valence-corrected chi connectivity index (χ4v) is 1.66. The monoisotopic (exact) mass is 281 g/mol. The summed E-state index contributed by atoms with van der Waals surface area (Å²) in [6.07, 6.45) is 1.39. The Morgan fingerprint density at radius 3 is 2.88 bits per heavy atom. The number of carboxylic acid groups (broad SMARTS) is 1. The Kier molecular flexibility index (Phi) is 2.74. The fourth-order valence-electron chi connectivity index (χ4n) is 1.31. The molecule has 0 bridgehead atoms. The second kappa shape index (κ2) is 4.05. The van der Waals surface area contributed by atoms with Gasteiger partial charge in [0.05, 0.1) is 11.9 Å². The number of carboxylic acids is 1. The van der Waals surface area contributed by atoms with Crippen molar-refractivity contribution >= 4 is 21.9 Å². The molecule has 16 heavy (non-hydrogen) atoms. The van der Waals surface area contributed by atoms with Crippen LogP contribution in [0.25, 0.3) is 5.69 Å². The molecule has 0 unspecified atom stereocenters. The highest BCUT2D eigenvalue weighted by Crippen LogP contribution is 2.19. The van der Waals surface area contributed by atoms with Crippen molar-refractivity contribution in [3.8, 4) is 5.69 Å². The molecule has 82 valence electrons. The number of halogens is 1. The zero-order chi connectivity index (χ0) is 11.7. The van der Waals surface area contributed by atoms with Crippen LogP contribution < -0.4 is 0 Å². The smallest absolute Gasteiger partial charge is 0.358 e. The molecule has 0 radical (unpaired) electrons. The lowest BCUT2D eigenvalue weighted by Crippen LogP contribution is -1.98. The van der Waals surface area contributed by atoms with Crippen LogP contribution >= 0.6 is 15.9 Å². The van der Waals surface area contributed by atoms with Crippen LogP contribution in [0.4, 0.5) is 0 Å². The Hall–Kier alpha value is -1.69. The molecule has 0 spiro atoms. The van der Waals surface area contributed by atoms with E-state index in [2.05, 4.69) is 26.2 Å². The molecule has 0 aliphatic heterocycles. The third kappa shape index (κ3) is 1.96. The molecule has 5 nitrogen and oxygen atoms in total. The van der Waals surface area contributed by atoms with Gasteiger partial charge in [0.1, 0.15) is 0 Å². The molecule has 0 fully saturated rings. The van der Waals surface area contributed by atoms with Crippen molar-refractivity contribution in [2.75, 3.05) is 0 Å². The molecule has 0 saturated heterocycles. The van der Waals surface area contributed by atoms with Crippen molar-refractivity contribution in [1.29, 1.82) is 0 Å². The molecule has 1 aromatic heterocycles. The van der Waals surface area contributed by atoms with E-state index in [4.69, 9.17) is 5.11 Å². The van der Waals surface area contributed by atoms with Gasteiger partial charge in [-0.05, 0) is 24.6 Å². The van der Waals surface area contributed by atoms with E-state index in [1.807, 2.05) is 25.1 Å². The van der Waals surface area contributed by atoms with Crippen molar-refractivity contribution < 1.29 is 9.90 Å². The van der Waals surface area contributed by atoms with Gasteiger partial charge in [0, 0.05) is 4.47 Å². The molecule has 0 saturated carbocycles. The Labute approximate surface area is 99.8 Å². The van der Waals surface area contributed by atoms with Crippen molar-refractivity contribution in [2.45, 2.75) is 6.92 Å². The van der Waals surface area contributed by atoms with E-state index in [-0.39, 0.29) is 5.69 Å². The number of nitrogens with zero attached hydrogens (tertiary/aromatic N) is 3. The van der Waals surface area contributed by atoms with E-state index >= 15 is 0 Å². The van der Waals surface area contributed by atoms with Gasteiger partial charge in [-0.2, -0.15) is 0 Å². The summed E-state index contributed by atoms with van der Waals surface area (Å²) in [4.78, 5) is 10.7. The fraction of sp³-hybridized carbons (Fsp3) is 0.100. The van der Waals surface area contributed by atoms with E-state index in [9.17, 15) is 4.79 Å². The molecular weight excluding hydrogens is 274 g/mol. The molecular formula is C10H8BrN3O2. The molecule has 6 heteroatoms. The maximum atomic E-state index is 10.7. The van der Waals surface area contributed by atoms with Gasteiger partial charge >= 0.3 is 5.97 Å². The van der Waals surface area contributed by atoms with Gasteiger partial charge in [-0.1, -0.05) is 27.2 Å². The number of carbonyl (C=O) groups is 1. The third-order valence-corrected chi connectivity index (χ3v) is 2.62. The topological polar surface area (TPSA) is 68.0 Å². The SMILES string of the molecule is Cc1ccc(Br)cc1-n1cc(C(=O)O)nn1. The highest BCUT2D eigenvalue weighted by molar-refractivity contribution is 9.10. The number of hydrogen-bond donors (Lipinski definition) is 1. The van der Waals surface area contributed by atoms with Crippen LogP contribution in [0.1, 0.15) is 16.1 Å². The lowest BCUT2D eigenvalue weighted by molar-refractivity contribution is 0.0690. The molecule has 1 heterocycles. The van der Waals surface area contributed by atoms with Gasteiger partial charge in [0.15, 0.2) is 5.69 Å². The summed E-state index contributed by atoms with van der Waals surface area (Å²) in [7, 11) is 0. The largest absolute Gasteiger partial charge is 0.476 e. The second-order valence-electron chi connectivity index (χ2n) is 3.28. The lowest BCUT2D eigenvalue weighted by Gasteiger charge is -2.04. The summed E-state index contributed by atoms with van der Waals surface area (Å²) < 4.78 is 2.35. The first-order valence-electron chi connectivity index (χ1n) is 4.50. The third-order valence-electron chi connectivity index (χ3n) is 2.13. The van der Waals surface area contributed by atoms with Crippen LogP contribution in [-0.2, 0) is 0 Å². The second-order valence-corrected chi connectivity index (χ2v) is 4.20. The molecule has 1 N–H and O–H groups in total. The van der Waals surface area contributed by atoms with Crippen LogP contribution in [0.3, 0.4) is 0 Å². The van der Waals surface area contributed by atoms with E-state index in [0.29, 0.717) is 0 Å². The molecule has 0 amide bonds. The van der Waals surface area contributed by atoms with Crippen LogP contribution in [-0.4, -0.2) is 26.1 Å². The lowest BCUT2D eigenvalue weighted by atomic mass is 10.2. The minimum absolute atomic E-state index is 0.0700. The summed E-state index contributed by atoms with van der Waals surface area (Å²) >= 11 is 3.35. The maximum Gasteiger partial charge on any atom is 0.358 e. The quantitative estimate of drug-likeness (QED) is 0.915. The number of rotatable bonds is 2. The van der Waals surface area contributed by atoms with Gasteiger partial charge in [0.2, 0.25) is 0 Å². The predicted octanol–water partition coefficient (Wildman–Crippen LogP) is 2.04. The summed E-state index contributed by atoms with van der Waals surface area (Å²) in [5.74, 6) is -1.08. The van der Waals surface area contributed by atoms with Crippen LogP contribution in [0, 0.1) is 6.92 Å². The van der Waals surface area contributed by atoms with Crippen molar-refractivity contribution in [2.24, 2.45) is 0 Å². The Morgan fingerprint density at radius 2 is 2.25 bits per heavy atom. The summed E-state index contributed by atoms with van der Waals surface area (Å²) in [6, 6.07) is 5.69. The Bertz CT molecular complexity index is 551. The molecule has 2 aromatic rings. The van der Waals surface area contributed by atoms with E-state index < -0.39 is 5.97 Å². The minimum atomic E-state index is -1.08. The molecule has 0 aliphatic carbocycles. The van der Waals surface area contributed by atoms with Gasteiger partial charge in [-0.25, -0.2) is 9.48 Å². The summed E-state index contributed by atoms with van der Waals surface area (Å²) in [6.45, 7) is 1.92. The normalized spacial score (nSPS) is 10.4. The van der Waals surface area contributed by atoms with Gasteiger partial charge in [0.25, 0.3) is 0 Å². The van der Waals surface area contributed by atoms with Crippen molar-refractivity contribution in [3.05, 3.63) is 40.1 Å². The summed E-state index contributed by atoms with van der Waals surface area (Å²) in [5.41, 5.74) is 1.72. The number of aryl methyl sites for hydroxylation is 1. The molecule has 1 aromatic carbocycles. The number of aromatic carboxylic acids is 1.